The first kappa shape index (κ1) is 25.7. The zero-order valence-electron chi connectivity index (χ0n) is 22.1. The lowest BCUT2D eigenvalue weighted by molar-refractivity contribution is 0.0883. The fourth-order valence-corrected chi connectivity index (χ4v) is 4.96. The van der Waals surface area contributed by atoms with E-state index in [1.165, 1.54) is 15.1 Å². The summed E-state index contributed by atoms with van der Waals surface area (Å²) in [5.41, 5.74) is 2.83. The number of aryl methyl sites for hydroxylation is 1. The molecular formula is C27H33N7O4. The number of hydrogen-bond acceptors (Lipinski definition) is 7. The predicted octanol–water partition coefficient (Wildman–Crippen LogP) is 2.39. The molecule has 11 heteroatoms. The van der Waals surface area contributed by atoms with E-state index in [1.807, 2.05) is 7.05 Å². The first-order chi connectivity index (χ1) is 18.1. The maximum atomic E-state index is 13.3. The van der Waals surface area contributed by atoms with Crippen LogP contribution in [0.2, 0.25) is 0 Å². The summed E-state index contributed by atoms with van der Waals surface area (Å²) in [5, 5.41) is 13.6. The molecule has 0 spiro atoms. The molecule has 4 aromatic rings. The zero-order valence-corrected chi connectivity index (χ0v) is 22.1. The average Bonchev–Trinajstić information content (AvgIpc) is 3.51. The Morgan fingerprint density at radius 2 is 1.82 bits per heavy atom. The van der Waals surface area contributed by atoms with Gasteiger partial charge >= 0.3 is 5.76 Å². The van der Waals surface area contributed by atoms with Crippen LogP contribution in [0.4, 0.5) is 0 Å². The summed E-state index contributed by atoms with van der Waals surface area (Å²) in [5.74, 6) is -1.17. The Kier molecular flexibility index (Phi) is 6.56. The van der Waals surface area contributed by atoms with Gasteiger partial charge < -0.3 is 20.4 Å². The first-order valence-corrected chi connectivity index (χ1v) is 12.8. The average molecular weight is 520 g/mol. The van der Waals surface area contributed by atoms with Gasteiger partial charge in [0.05, 0.1) is 11.7 Å². The second-order valence-corrected chi connectivity index (χ2v) is 10.8. The number of oxazole rings is 1. The molecule has 0 atom stereocenters. The molecule has 3 N–H and O–H groups in total. The number of aromatic nitrogens is 4. The summed E-state index contributed by atoms with van der Waals surface area (Å²) >= 11 is 0. The molecule has 0 saturated heterocycles. The van der Waals surface area contributed by atoms with Gasteiger partial charge in [0.25, 0.3) is 11.8 Å². The molecule has 1 aliphatic rings. The van der Waals surface area contributed by atoms with Crippen molar-refractivity contribution >= 4 is 28.6 Å². The highest BCUT2D eigenvalue weighted by molar-refractivity contribution is 5.98. The Morgan fingerprint density at radius 1 is 1.05 bits per heavy atom. The fraction of sp³-hybridized carbons (Fsp3) is 0.444. The van der Waals surface area contributed by atoms with Crippen LogP contribution < -0.4 is 21.7 Å². The SMILES string of the molecule is CNC1(C)CCC(C)(CNC(=O)c2cc(C(=O)NCc3ccc4oc(=O)n(C)c4c3)nc3ccnn23)CC1. The largest absolute Gasteiger partial charge is 0.419 e. The van der Waals surface area contributed by atoms with E-state index in [2.05, 4.69) is 39.9 Å². The molecule has 1 aliphatic carbocycles. The van der Waals surface area contributed by atoms with Crippen molar-refractivity contribution in [1.29, 1.82) is 0 Å². The van der Waals surface area contributed by atoms with Crippen LogP contribution in [0.25, 0.3) is 16.7 Å². The van der Waals surface area contributed by atoms with Crippen molar-refractivity contribution in [2.75, 3.05) is 13.6 Å². The molecule has 38 heavy (non-hydrogen) atoms. The number of benzene rings is 1. The van der Waals surface area contributed by atoms with Crippen molar-refractivity contribution in [2.24, 2.45) is 12.5 Å². The monoisotopic (exact) mass is 519 g/mol. The van der Waals surface area contributed by atoms with E-state index in [0.29, 0.717) is 23.3 Å². The number of rotatable bonds is 7. The van der Waals surface area contributed by atoms with Crippen molar-refractivity contribution in [3.05, 3.63) is 64.0 Å². The molecule has 3 aromatic heterocycles. The molecule has 200 valence electrons. The maximum absolute atomic E-state index is 13.3. The summed E-state index contributed by atoms with van der Waals surface area (Å²) in [6.45, 7) is 5.19. The van der Waals surface area contributed by atoms with Gasteiger partial charge in [-0.25, -0.2) is 14.3 Å². The minimum Gasteiger partial charge on any atom is -0.408 e. The third kappa shape index (κ3) is 4.93. The van der Waals surface area contributed by atoms with Crippen LogP contribution in [0.5, 0.6) is 0 Å². The second-order valence-electron chi connectivity index (χ2n) is 10.8. The van der Waals surface area contributed by atoms with Crippen LogP contribution in [-0.4, -0.2) is 50.1 Å². The van der Waals surface area contributed by atoms with Gasteiger partial charge in [-0.05, 0) is 62.8 Å². The Labute approximate surface area is 219 Å². The van der Waals surface area contributed by atoms with E-state index >= 15 is 0 Å². The molecular weight excluding hydrogens is 486 g/mol. The highest BCUT2D eigenvalue weighted by Crippen LogP contribution is 2.39. The lowest BCUT2D eigenvalue weighted by atomic mass is 9.69. The van der Waals surface area contributed by atoms with Crippen molar-refractivity contribution in [2.45, 2.75) is 51.6 Å². The van der Waals surface area contributed by atoms with Crippen LogP contribution in [0.15, 0.2) is 45.7 Å². The topological polar surface area (TPSA) is 136 Å². The molecule has 0 unspecified atom stereocenters. The number of amides is 2. The number of carbonyl (C=O) groups is 2. The molecule has 5 rings (SSSR count). The lowest BCUT2D eigenvalue weighted by Gasteiger charge is -2.43. The van der Waals surface area contributed by atoms with Gasteiger partial charge in [0, 0.05) is 37.8 Å². The summed E-state index contributed by atoms with van der Waals surface area (Å²) in [6, 6.07) is 8.39. The van der Waals surface area contributed by atoms with Gasteiger partial charge in [-0.15, -0.1) is 0 Å². The summed E-state index contributed by atoms with van der Waals surface area (Å²) < 4.78 is 8.01. The summed E-state index contributed by atoms with van der Waals surface area (Å²) in [7, 11) is 3.63. The van der Waals surface area contributed by atoms with Crippen LogP contribution in [-0.2, 0) is 13.6 Å². The number of hydrogen-bond donors (Lipinski definition) is 3. The van der Waals surface area contributed by atoms with E-state index in [4.69, 9.17) is 4.42 Å². The molecule has 1 aromatic carbocycles. The lowest BCUT2D eigenvalue weighted by Crippen LogP contribution is -2.48. The second kappa shape index (κ2) is 9.71. The Bertz CT molecular complexity index is 1570. The Hall–Kier alpha value is -3.99. The number of carbonyl (C=O) groups excluding carboxylic acids is 2. The van der Waals surface area contributed by atoms with Crippen LogP contribution >= 0.6 is 0 Å². The fourth-order valence-electron chi connectivity index (χ4n) is 4.96. The smallest absolute Gasteiger partial charge is 0.408 e. The zero-order chi connectivity index (χ0) is 27.1. The van der Waals surface area contributed by atoms with Crippen molar-refractivity contribution < 1.29 is 14.0 Å². The van der Waals surface area contributed by atoms with Crippen molar-refractivity contribution in [3.8, 4) is 0 Å². The van der Waals surface area contributed by atoms with E-state index in [-0.39, 0.29) is 34.8 Å². The van der Waals surface area contributed by atoms with Gasteiger partial charge in [0.15, 0.2) is 11.2 Å². The van der Waals surface area contributed by atoms with Crippen molar-refractivity contribution in [1.82, 2.24) is 35.1 Å². The Balaban J connectivity index is 1.29. The van der Waals surface area contributed by atoms with Crippen molar-refractivity contribution in [3.63, 3.8) is 0 Å². The maximum Gasteiger partial charge on any atom is 0.419 e. The first-order valence-electron chi connectivity index (χ1n) is 12.8. The van der Waals surface area contributed by atoms with Gasteiger partial charge in [-0.3, -0.25) is 14.2 Å². The van der Waals surface area contributed by atoms with E-state index in [9.17, 15) is 14.4 Å². The Morgan fingerprint density at radius 3 is 2.55 bits per heavy atom. The molecule has 0 aliphatic heterocycles. The minimum absolute atomic E-state index is 0.00205. The van der Waals surface area contributed by atoms with Crippen LogP contribution in [0.1, 0.15) is 66.1 Å². The highest BCUT2D eigenvalue weighted by atomic mass is 16.4. The van der Waals surface area contributed by atoms with E-state index < -0.39 is 11.7 Å². The van der Waals surface area contributed by atoms with Gasteiger partial charge in [0.1, 0.15) is 11.4 Å². The molecule has 1 fully saturated rings. The highest BCUT2D eigenvalue weighted by Gasteiger charge is 2.36. The number of nitrogens with zero attached hydrogens (tertiary/aromatic N) is 4. The van der Waals surface area contributed by atoms with E-state index in [0.717, 1.165) is 31.2 Å². The molecule has 2 amide bonds. The van der Waals surface area contributed by atoms with Crippen LogP contribution in [0, 0.1) is 5.41 Å². The molecule has 0 bridgehead atoms. The quantitative estimate of drug-likeness (QED) is 0.341. The van der Waals surface area contributed by atoms with Gasteiger partial charge in [0.2, 0.25) is 0 Å². The molecule has 3 heterocycles. The standard InChI is InChI=1S/C27H33N7O4/c1-26(8-10-27(2,28-3)11-9-26)16-30-24(36)20-14-18(32-22-7-12-31-34(20)22)23(35)29-15-17-5-6-21-19(13-17)33(4)25(37)38-21/h5-7,12-14,28H,8-11,15-16H2,1-4H3,(H,29,35)(H,30,36). The number of fused-ring (bicyclic) bond motifs is 2. The summed E-state index contributed by atoms with van der Waals surface area (Å²) in [6.07, 6.45) is 5.65. The van der Waals surface area contributed by atoms with Gasteiger partial charge in [-0.2, -0.15) is 5.10 Å². The van der Waals surface area contributed by atoms with Gasteiger partial charge in [-0.1, -0.05) is 13.0 Å². The molecule has 11 nitrogen and oxygen atoms in total. The normalized spacial score (nSPS) is 21.6. The minimum atomic E-state index is -0.445. The molecule has 1 saturated carbocycles. The van der Waals surface area contributed by atoms with E-state index in [1.54, 1.807) is 37.5 Å². The summed E-state index contributed by atoms with van der Waals surface area (Å²) in [4.78, 5) is 42.4. The third-order valence-electron chi connectivity index (χ3n) is 7.97. The molecule has 0 radical (unpaired) electrons. The van der Waals surface area contributed by atoms with Crippen LogP contribution in [0.3, 0.4) is 0 Å². The number of nitrogens with one attached hydrogen (secondary N) is 3. The third-order valence-corrected chi connectivity index (χ3v) is 7.97. The predicted molar refractivity (Wildman–Crippen MR) is 142 cm³/mol.